The van der Waals surface area contributed by atoms with E-state index in [1.807, 2.05) is 0 Å². The fraction of sp³-hybridized carbons (Fsp3) is 0.833. The van der Waals surface area contributed by atoms with Crippen molar-refractivity contribution in [2.75, 3.05) is 6.61 Å². The summed E-state index contributed by atoms with van der Waals surface area (Å²) in [5.41, 5.74) is -0.694. The Bertz CT molecular complexity index is 135. The van der Waals surface area contributed by atoms with Crippen molar-refractivity contribution in [1.82, 2.24) is 0 Å². The molecule has 0 aliphatic carbocycles. The number of hydrogen-bond donors (Lipinski definition) is 1. The number of ether oxygens (including phenoxy) is 1. The predicted octanol–water partition coefficient (Wildman–Crippen LogP) is 0.496. The second kappa shape index (κ2) is 1.70. The molecule has 1 aliphatic heterocycles. The molecule has 1 saturated heterocycles. The number of aliphatic carboxylic acids is 1. The molecule has 1 fully saturated rings. The molecule has 1 atom stereocenters. The van der Waals surface area contributed by atoms with E-state index in [1.165, 1.54) is 0 Å². The zero-order valence-electron chi connectivity index (χ0n) is 5.55. The van der Waals surface area contributed by atoms with Crippen molar-refractivity contribution in [2.45, 2.75) is 20.0 Å². The van der Waals surface area contributed by atoms with Gasteiger partial charge in [-0.1, -0.05) is 0 Å². The first-order valence-electron chi connectivity index (χ1n) is 2.90. The van der Waals surface area contributed by atoms with Gasteiger partial charge >= 0.3 is 5.97 Å². The van der Waals surface area contributed by atoms with Gasteiger partial charge in [-0.2, -0.15) is 0 Å². The highest BCUT2D eigenvalue weighted by atomic mass is 16.6. The molecule has 0 amide bonds. The van der Waals surface area contributed by atoms with E-state index in [1.54, 1.807) is 13.8 Å². The van der Waals surface area contributed by atoms with Gasteiger partial charge in [-0.15, -0.1) is 0 Å². The number of rotatable bonds is 2. The molecule has 1 aliphatic rings. The van der Waals surface area contributed by atoms with Crippen LogP contribution in [0.3, 0.4) is 0 Å². The Labute approximate surface area is 53.6 Å². The number of carbonyl (C=O) groups is 1. The third-order valence-corrected chi connectivity index (χ3v) is 1.69. The second-order valence-electron chi connectivity index (χ2n) is 2.85. The van der Waals surface area contributed by atoms with Crippen molar-refractivity contribution in [3.63, 3.8) is 0 Å². The zero-order valence-corrected chi connectivity index (χ0v) is 5.55. The Morgan fingerprint density at radius 2 is 2.22 bits per heavy atom. The molecule has 0 radical (unpaired) electrons. The summed E-state index contributed by atoms with van der Waals surface area (Å²) in [6.07, 6.45) is -0.0602. The van der Waals surface area contributed by atoms with Crippen LogP contribution < -0.4 is 0 Å². The first-order valence-corrected chi connectivity index (χ1v) is 2.90. The molecular formula is C6H10O3. The first kappa shape index (κ1) is 6.55. The lowest BCUT2D eigenvalue weighted by Gasteiger charge is -2.14. The Kier molecular flexibility index (Phi) is 1.24. The third kappa shape index (κ3) is 1.05. The molecule has 1 rings (SSSR count). The van der Waals surface area contributed by atoms with Gasteiger partial charge in [0.05, 0.1) is 18.1 Å². The van der Waals surface area contributed by atoms with Gasteiger partial charge in [-0.25, -0.2) is 0 Å². The van der Waals surface area contributed by atoms with E-state index in [4.69, 9.17) is 9.84 Å². The first-order chi connectivity index (χ1) is 4.05. The van der Waals surface area contributed by atoms with Crippen molar-refractivity contribution >= 4 is 5.97 Å². The highest BCUT2D eigenvalue weighted by molar-refractivity contribution is 5.74. The molecule has 1 heterocycles. The van der Waals surface area contributed by atoms with Crippen LogP contribution in [0.1, 0.15) is 13.8 Å². The molecule has 9 heavy (non-hydrogen) atoms. The van der Waals surface area contributed by atoms with Crippen molar-refractivity contribution in [3.05, 3.63) is 0 Å². The van der Waals surface area contributed by atoms with Crippen LogP contribution in [-0.2, 0) is 9.53 Å². The zero-order chi connectivity index (χ0) is 7.07. The molecule has 3 nitrogen and oxygen atoms in total. The highest BCUT2D eigenvalue weighted by Crippen LogP contribution is 2.31. The minimum Gasteiger partial charge on any atom is -0.481 e. The van der Waals surface area contributed by atoms with Crippen LogP contribution in [0.5, 0.6) is 0 Å². The smallest absolute Gasteiger partial charge is 0.311 e. The van der Waals surface area contributed by atoms with E-state index in [-0.39, 0.29) is 6.10 Å². The molecule has 1 N–H and O–H groups in total. The van der Waals surface area contributed by atoms with Gasteiger partial charge in [0.15, 0.2) is 0 Å². The maximum atomic E-state index is 10.4. The van der Waals surface area contributed by atoms with Crippen LogP contribution in [0.15, 0.2) is 0 Å². The van der Waals surface area contributed by atoms with E-state index in [9.17, 15) is 4.79 Å². The van der Waals surface area contributed by atoms with Gasteiger partial charge in [-0.3, -0.25) is 4.79 Å². The molecule has 1 unspecified atom stereocenters. The van der Waals surface area contributed by atoms with E-state index in [0.29, 0.717) is 6.61 Å². The molecule has 0 aromatic rings. The highest BCUT2D eigenvalue weighted by Gasteiger charge is 2.45. The minimum absolute atomic E-state index is 0.0602. The van der Waals surface area contributed by atoms with Gasteiger partial charge < -0.3 is 9.84 Å². The number of epoxide rings is 1. The van der Waals surface area contributed by atoms with Crippen LogP contribution in [0.25, 0.3) is 0 Å². The Hall–Kier alpha value is -0.570. The third-order valence-electron chi connectivity index (χ3n) is 1.69. The van der Waals surface area contributed by atoms with Crippen molar-refractivity contribution in [3.8, 4) is 0 Å². The summed E-state index contributed by atoms with van der Waals surface area (Å²) in [6.45, 7) is 3.94. The van der Waals surface area contributed by atoms with E-state index >= 15 is 0 Å². The maximum absolute atomic E-state index is 10.4. The second-order valence-corrected chi connectivity index (χ2v) is 2.85. The lowest BCUT2D eigenvalue weighted by Crippen LogP contribution is -2.29. The fourth-order valence-electron chi connectivity index (χ4n) is 0.602. The topological polar surface area (TPSA) is 49.8 Å². The molecule has 3 heteroatoms. The molecule has 0 spiro atoms. The van der Waals surface area contributed by atoms with Gasteiger partial charge in [0.2, 0.25) is 0 Å². The van der Waals surface area contributed by atoms with Crippen LogP contribution in [-0.4, -0.2) is 23.8 Å². The number of carboxylic acids is 1. The fourth-order valence-corrected chi connectivity index (χ4v) is 0.602. The molecule has 0 aromatic heterocycles. The predicted molar refractivity (Wildman–Crippen MR) is 31.2 cm³/mol. The summed E-state index contributed by atoms with van der Waals surface area (Å²) in [7, 11) is 0. The van der Waals surface area contributed by atoms with Gasteiger partial charge in [0, 0.05) is 0 Å². The molecule has 0 bridgehead atoms. The molecule has 52 valence electrons. The Morgan fingerprint density at radius 3 is 2.33 bits per heavy atom. The van der Waals surface area contributed by atoms with Gasteiger partial charge in [-0.05, 0) is 13.8 Å². The van der Waals surface area contributed by atoms with Crippen LogP contribution in [0.4, 0.5) is 0 Å². The van der Waals surface area contributed by atoms with Gasteiger partial charge in [0.1, 0.15) is 0 Å². The van der Waals surface area contributed by atoms with Crippen LogP contribution in [0.2, 0.25) is 0 Å². The lowest BCUT2D eigenvalue weighted by atomic mass is 9.90. The van der Waals surface area contributed by atoms with Crippen molar-refractivity contribution in [2.24, 2.45) is 5.41 Å². The number of hydrogen-bond acceptors (Lipinski definition) is 2. The lowest BCUT2D eigenvalue weighted by molar-refractivity contribution is -0.147. The number of carboxylic acid groups (broad SMARTS) is 1. The monoisotopic (exact) mass is 130 g/mol. The quantitative estimate of drug-likeness (QED) is 0.553. The molecule has 0 saturated carbocycles. The summed E-state index contributed by atoms with van der Waals surface area (Å²) < 4.78 is 4.85. The summed E-state index contributed by atoms with van der Waals surface area (Å²) in [6, 6.07) is 0. The Morgan fingerprint density at radius 1 is 1.78 bits per heavy atom. The summed E-state index contributed by atoms with van der Waals surface area (Å²) >= 11 is 0. The van der Waals surface area contributed by atoms with Crippen molar-refractivity contribution < 1.29 is 14.6 Å². The van der Waals surface area contributed by atoms with Crippen LogP contribution in [0, 0.1) is 5.41 Å². The summed E-state index contributed by atoms with van der Waals surface area (Å²) in [5.74, 6) is -0.787. The standard InChI is InChI=1S/C6H10O3/c1-6(2,5(7)8)4-3-9-4/h4H,3H2,1-2H3,(H,7,8). The maximum Gasteiger partial charge on any atom is 0.311 e. The normalized spacial score (nSPS) is 25.8. The SMILES string of the molecule is CC(C)(C(=O)O)C1CO1. The Balaban J connectivity index is 2.59. The van der Waals surface area contributed by atoms with E-state index in [2.05, 4.69) is 0 Å². The molecule has 0 aromatic carbocycles. The minimum atomic E-state index is -0.787. The van der Waals surface area contributed by atoms with Crippen molar-refractivity contribution in [1.29, 1.82) is 0 Å². The van der Waals surface area contributed by atoms with E-state index in [0.717, 1.165) is 0 Å². The average molecular weight is 130 g/mol. The van der Waals surface area contributed by atoms with Gasteiger partial charge in [0.25, 0.3) is 0 Å². The summed E-state index contributed by atoms with van der Waals surface area (Å²) in [5, 5.41) is 8.57. The molecular weight excluding hydrogens is 120 g/mol. The largest absolute Gasteiger partial charge is 0.481 e. The van der Waals surface area contributed by atoms with Crippen LogP contribution >= 0.6 is 0 Å². The average Bonchev–Trinajstić information content (AvgIpc) is 2.42. The van der Waals surface area contributed by atoms with E-state index < -0.39 is 11.4 Å². The summed E-state index contributed by atoms with van der Waals surface area (Å²) in [4.78, 5) is 10.4.